The fourth-order valence-corrected chi connectivity index (χ4v) is 0.930. The molecule has 68 valence electrons. The minimum absolute atomic E-state index is 0. The summed E-state index contributed by atoms with van der Waals surface area (Å²) >= 11 is 0. The summed E-state index contributed by atoms with van der Waals surface area (Å²) in [5, 5.41) is -0.690. The number of allylic oxidation sites excluding steroid dienone is 2. The summed E-state index contributed by atoms with van der Waals surface area (Å²) in [6.45, 7) is 3.45. The van der Waals surface area contributed by atoms with Crippen LogP contribution < -0.4 is 0 Å². The van der Waals surface area contributed by atoms with Crippen LogP contribution in [0.5, 0.6) is 0 Å². The van der Waals surface area contributed by atoms with E-state index in [2.05, 4.69) is 0 Å². The van der Waals surface area contributed by atoms with E-state index in [-0.39, 0.29) is 29.6 Å². The molecule has 1 N–H and O–H groups in total. The van der Waals surface area contributed by atoms with Crippen LogP contribution in [0.1, 0.15) is 26.7 Å². The minimum atomic E-state index is -3.83. The Morgan fingerprint density at radius 1 is 1.42 bits per heavy atom. The molecule has 5 heteroatoms. The predicted octanol–water partition coefficient (Wildman–Crippen LogP) is 0.971. The van der Waals surface area contributed by atoms with Crippen LogP contribution in [0, 0.1) is 0 Å². The monoisotopic (exact) mass is 202 g/mol. The molecule has 0 amide bonds. The molecule has 0 aromatic rings. The van der Waals surface area contributed by atoms with E-state index in [0.29, 0.717) is 6.42 Å². The summed E-state index contributed by atoms with van der Waals surface area (Å²) in [4.78, 5) is 0. The van der Waals surface area contributed by atoms with E-state index in [4.69, 9.17) is 4.55 Å². The summed E-state index contributed by atoms with van der Waals surface area (Å²) < 4.78 is 29.4. The summed E-state index contributed by atoms with van der Waals surface area (Å²) in [5.74, 6) is 0. The van der Waals surface area contributed by atoms with Crippen molar-refractivity contribution in [2.24, 2.45) is 0 Å². The Bertz CT molecular complexity index is 221. The van der Waals surface area contributed by atoms with Crippen LogP contribution in [-0.4, -0.2) is 47.8 Å². The van der Waals surface area contributed by atoms with Crippen molar-refractivity contribution in [3.05, 3.63) is 12.2 Å². The Morgan fingerprint density at radius 3 is 2.25 bits per heavy atom. The predicted molar refractivity (Wildman–Crippen MR) is 52.2 cm³/mol. The molecule has 0 saturated carbocycles. The molecule has 0 bridgehead atoms. The molecule has 0 aliphatic rings. The van der Waals surface area contributed by atoms with Gasteiger partial charge < -0.3 is 0 Å². The van der Waals surface area contributed by atoms with Gasteiger partial charge in [-0.2, -0.15) is 8.42 Å². The Kier molecular flexibility index (Phi) is 8.95. The number of rotatable bonds is 4. The summed E-state index contributed by atoms with van der Waals surface area (Å²) in [7, 11) is -3.83. The molecular weight excluding hydrogens is 187 g/mol. The molecule has 0 saturated heterocycles. The van der Waals surface area contributed by atoms with E-state index in [1.165, 1.54) is 6.92 Å². The third kappa shape index (κ3) is 7.31. The molecule has 0 fully saturated rings. The van der Waals surface area contributed by atoms with Gasteiger partial charge in [-0.3, -0.25) is 4.55 Å². The van der Waals surface area contributed by atoms with Crippen molar-refractivity contribution in [3.8, 4) is 0 Å². The maximum absolute atomic E-state index is 10.4. The average Bonchev–Trinajstić information content (AvgIpc) is 1.86. The van der Waals surface area contributed by atoms with E-state index < -0.39 is 15.4 Å². The van der Waals surface area contributed by atoms with Crippen molar-refractivity contribution in [3.63, 3.8) is 0 Å². The average molecular weight is 202 g/mol. The first-order chi connectivity index (χ1) is 4.98. The van der Waals surface area contributed by atoms with Gasteiger partial charge in [0.05, 0.1) is 5.25 Å². The van der Waals surface area contributed by atoms with Crippen molar-refractivity contribution in [2.75, 3.05) is 0 Å². The molecule has 12 heavy (non-hydrogen) atoms. The molecule has 1 unspecified atom stereocenters. The molecule has 0 aliphatic heterocycles. The first-order valence-corrected chi connectivity index (χ1v) is 5.10. The molecule has 0 rings (SSSR count). The van der Waals surface area contributed by atoms with E-state index in [0.717, 1.165) is 6.42 Å². The zero-order chi connectivity index (χ0) is 8.91. The molecule has 3 nitrogen and oxygen atoms in total. The summed E-state index contributed by atoms with van der Waals surface area (Å²) in [6, 6.07) is 0. The van der Waals surface area contributed by atoms with E-state index in [9.17, 15) is 8.42 Å². The maximum atomic E-state index is 10.4. The third-order valence-electron chi connectivity index (χ3n) is 1.38. The van der Waals surface area contributed by atoms with E-state index in [1.54, 1.807) is 6.08 Å². The molecule has 0 heterocycles. The van der Waals surface area contributed by atoms with Crippen molar-refractivity contribution in [2.45, 2.75) is 31.9 Å². The zero-order valence-electron chi connectivity index (χ0n) is 6.82. The van der Waals surface area contributed by atoms with E-state index in [1.807, 2.05) is 13.0 Å². The van der Waals surface area contributed by atoms with Gasteiger partial charge >= 0.3 is 29.6 Å². The van der Waals surface area contributed by atoms with Gasteiger partial charge in [0.25, 0.3) is 10.1 Å². The molecule has 0 radical (unpaired) electrons. The van der Waals surface area contributed by atoms with Gasteiger partial charge in [0, 0.05) is 0 Å². The normalized spacial score (nSPS) is 14.2. The van der Waals surface area contributed by atoms with Gasteiger partial charge in [0.1, 0.15) is 0 Å². The molecule has 1 atom stereocenters. The Morgan fingerprint density at radius 2 is 1.92 bits per heavy atom. The quantitative estimate of drug-likeness (QED) is 0.420. The zero-order valence-corrected chi connectivity index (χ0v) is 7.63. The van der Waals surface area contributed by atoms with Crippen LogP contribution in [0.4, 0.5) is 0 Å². The van der Waals surface area contributed by atoms with Crippen LogP contribution in [-0.2, 0) is 10.1 Å². The van der Waals surface area contributed by atoms with E-state index >= 15 is 0 Å². The van der Waals surface area contributed by atoms with Crippen LogP contribution in [0.2, 0.25) is 0 Å². The van der Waals surface area contributed by atoms with Gasteiger partial charge in [0.15, 0.2) is 0 Å². The summed E-state index contributed by atoms with van der Waals surface area (Å²) in [5.41, 5.74) is 0. The number of hydrogen-bond acceptors (Lipinski definition) is 2. The first kappa shape index (κ1) is 15.1. The topological polar surface area (TPSA) is 54.4 Å². The van der Waals surface area contributed by atoms with Crippen molar-refractivity contribution in [1.29, 1.82) is 0 Å². The second-order valence-electron chi connectivity index (χ2n) is 2.44. The molecule has 0 spiro atoms. The van der Waals surface area contributed by atoms with Gasteiger partial charge in [-0.1, -0.05) is 19.1 Å². The Balaban J connectivity index is 0. The van der Waals surface area contributed by atoms with Gasteiger partial charge in [-0.25, -0.2) is 0 Å². The van der Waals surface area contributed by atoms with Crippen LogP contribution in [0.25, 0.3) is 0 Å². The van der Waals surface area contributed by atoms with Crippen LogP contribution >= 0.6 is 0 Å². The molecule has 0 aliphatic carbocycles. The number of hydrogen-bond donors (Lipinski definition) is 1. The molecule has 0 aromatic carbocycles. The Labute approximate surface area is 96.3 Å². The van der Waals surface area contributed by atoms with Crippen LogP contribution in [0.15, 0.2) is 12.2 Å². The van der Waals surface area contributed by atoms with Crippen molar-refractivity contribution >= 4 is 39.7 Å². The fraction of sp³-hybridized carbons (Fsp3) is 0.714. The fourth-order valence-electron chi connectivity index (χ4n) is 0.576. The standard InChI is InChI=1S/C7H14O3S.Na.H/c1-3-4-5-6-7(2)11(8,9)10;;/h4-5,7H,3,6H2,1-2H3,(H,8,9,10);;. The molecule has 0 aromatic heterocycles. The second-order valence-corrected chi connectivity index (χ2v) is 4.28. The van der Waals surface area contributed by atoms with Gasteiger partial charge in [-0.15, -0.1) is 0 Å². The van der Waals surface area contributed by atoms with Gasteiger partial charge in [-0.05, 0) is 19.8 Å². The third-order valence-corrected chi connectivity index (χ3v) is 2.59. The molecular formula is C7H15NaO3S. The summed E-state index contributed by atoms with van der Waals surface area (Å²) in [6.07, 6.45) is 4.91. The second kappa shape index (κ2) is 7.09. The van der Waals surface area contributed by atoms with Crippen LogP contribution in [0.3, 0.4) is 0 Å². The van der Waals surface area contributed by atoms with Crippen molar-refractivity contribution < 1.29 is 13.0 Å². The van der Waals surface area contributed by atoms with Crippen molar-refractivity contribution in [1.82, 2.24) is 0 Å². The SMILES string of the molecule is CCC=CCC(C)S(=O)(=O)O.[NaH]. The van der Waals surface area contributed by atoms with Gasteiger partial charge in [0.2, 0.25) is 0 Å². The first-order valence-electron chi connectivity index (χ1n) is 3.59. The Hall–Kier alpha value is 0.650.